The molecule has 0 amide bonds. The fourth-order valence-electron chi connectivity index (χ4n) is 3.45. The second-order valence-electron chi connectivity index (χ2n) is 6.24. The van der Waals surface area contributed by atoms with Gasteiger partial charge in [-0.05, 0) is 37.1 Å². The van der Waals surface area contributed by atoms with Gasteiger partial charge < -0.3 is 14.2 Å². The molecule has 0 atom stereocenters. The molecule has 0 radical (unpaired) electrons. The van der Waals surface area contributed by atoms with E-state index in [4.69, 9.17) is 25.8 Å². The van der Waals surface area contributed by atoms with E-state index in [-0.39, 0.29) is 0 Å². The van der Waals surface area contributed by atoms with Crippen LogP contribution in [0, 0.1) is 6.92 Å². The molecule has 134 valence electrons. The van der Waals surface area contributed by atoms with E-state index in [2.05, 4.69) is 24.5 Å². The molecule has 5 heteroatoms. The first-order valence-electron chi connectivity index (χ1n) is 8.72. The van der Waals surface area contributed by atoms with Crippen molar-refractivity contribution >= 4 is 11.6 Å². The molecular formula is C20H25ClNO3+. The number of ether oxygens (including phenoxy) is 3. The maximum atomic E-state index is 6.56. The smallest absolute Gasteiger partial charge is 0.279 e. The summed E-state index contributed by atoms with van der Waals surface area (Å²) in [5, 5.41) is 0.701. The number of benzene rings is 1. The molecular weight excluding hydrogens is 338 g/mol. The van der Waals surface area contributed by atoms with Crippen molar-refractivity contribution in [1.29, 1.82) is 0 Å². The molecule has 25 heavy (non-hydrogen) atoms. The fraction of sp³-hybridized carbons (Fsp3) is 0.450. The van der Waals surface area contributed by atoms with Gasteiger partial charge in [0.2, 0.25) is 5.69 Å². The van der Waals surface area contributed by atoms with Crippen molar-refractivity contribution in [3.63, 3.8) is 0 Å². The van der Waals surface area contributed by atoms with Gasteiger partial charge in [-0.3, -0.25) is 0 Å². The number of rotatable bonds is 6. The highest BCUT2D eigenvalue weighted by Crippen LogP contribution is 2.42. The Bertz CT molecular complexity index is 789. The summed E-state index contributed by atoms with van der Waals surface area (Å²) in [6, 6.07) is 5.97. The first-order valence-corrected chi connectivity index (χ1v) is 9.10. The molecule has 2 aromatic rings. The molecule has 2 heterocycles. The number of aromatic nitrogens is 1. The van der Waals surface area contributed by atoms with Crippen LogP contribution in [0.15, 0.2) is 18.2 Å². The van der Waals surface area contributed by atoms with Crippen LogP contribution in [0.25, 0.3) is 11.3 Å². The topological polar surface area (TPSA) is 31.6 Å². The summed E-state index contributed by atoms with van der Waals surface area (Å²) in [5.41, 5.74) is 4.49. The third-order valence-electron chi connectivity index (χ3n) is 4.75. The SMILES string of the molecule is CCCCOc1cc(Cl)[n+]2c(c1C)-c1ccc(OC)c(OC)c1CC2. The highest BCUT2D eigenvalue weighted by atomic mass is 35.5. The summed E-state index contributed by atoms with van der Waals surface area (Å²) in [6.45, 7) is 5.76. The Morgan fingerprint density at radius 1 is 1.16 bits per heavy atom. The number of pyridine rings is 1. The summed E-state index contributed by atoms with van der Waals surface area (Å²) in [6.07, 6.45) is 2.98. The Morgan fingerprint density at radius 2 is 1.96 bits per heavy atom. The largest absolute Gasteiger partial charge is 0.493 e. The monoisotopic (exact) mass is 362 g/mol. The maximum Gasteiger partial charge on any atom is 0.279 e. The van der Waals surface area contributed by atoms with Crippen molar-refractivity contribution in [3.8, 4) is 28.5 Å². The third kappa shape index (κ3) is 3.15. The number of hydrogen-bond donors (Lipinski definition) is 0. The van der Waals surface area contributed by atoms with E-state index in [1.807, 2.05) is 12.1 Å². The summed E-state index contributed by atoms with van der Waals surface area (Å²) in [7, 11) is 3.35. The molecule has 0 bridgehead atoms. The zero-order chi connectivity index (χ0) is 18.0. The Hall–Kier alpha value is -1.94. The zero-order valence-corrected chi connectivity index (χ0v) is 16.1. The number of methoxy groups -OCH3 is 2. The minimum absolute atomic E-state index is 0.701. The van der Waals surface area contributed by atoms with Crippen LogP contribution >= 0.6 is 11.6 Å². The van der Waals surface area contributed by atoms with Crippen LogP contribution in [0.4, 0.5) is 0 Å². The summed E-state index contributed by atoms with van der Waals surface area (Å²) in [5.74, 6) is 2.42. The van der Waals surface area contributed by atoms with Crippen molar-refractivity contribution in [1.82, 2.24) is 0 Å². The molecule has 1 aliphatic rings. The molecule has 1 aromatic heterocycles. The van der Waals surface area contributed by atoms with Gasteiger partial charge in [-0.25, -0.2) is 0 Å². The molecule has 0 fully saturated rings. The van der Waals surface area contributed by atoms with E-state index in [1.54, 1.807) is 14.2 Å². The predicted octanol–water partition coefficient (Wildman–Crippen LogP) is 4.36. The van der Waals surface area contributed by atoms with E-state index in [0.29, 0.717) is 11.8 Å². The van der Waals surface area contributed by atoms with E-state index < -0.39 is 0 Å². The lowest BCUT2D eigenvalue weighted by Gasteiger charge is -2.22. The van der Waals surface area contributed by atoms with Crippen molar-refractivity contribution < 1.29 is 18.8 Å². The van der Waals surface area contributed by atoms with Crippen LogP contribution < -0.4 is 18.8 Å². The average molecular weight is 363 g/mol. The molecule has 0 saturated heterocycles. The number of nitrogens with zero attached hydrogens (tertiary/aromatic N) is 1. The third-order valence-corrected chi connectivity index (χ3v) is 5.06. The van der Waals surface area contributed by atoms with Gasteiger partial charge in [0.1, 0.15) is 5.75 Å². The zero-order valence-electron chi connectivity index (χ0n) is 15.3. The minimum atomic E-state index is 0.701. The highest BCUT2D eigenvalue weighted by Gasteiger charge is 2.32. The first-order chi connectivity index (χ1) is 12.1. The second kappa shape index (κ2) is 7.52. The quantitative estimate of drug-likeness (QED) is 0.435. The summed E-state index contributed by atoms with van der Waals surface area (Å²) in [4.78, 5) is 0. The minimum Gasteiger partial charge on any atom is -0.493 e. The Morgan fingerprint density at radius 3 is 2.64 bits per heavy atom. The highest BCUT2D eigenvalue weighted by molar-refractivity contribution is 6.28. The van der Waals surface area contributed by atoms with Crippen LogP contribution in [0.3, 0.4) is 0 Å². The molecule has 1 aliphatic heterocycles. The van der Waals surface area contributed by atoms with Crippen LogP contribution in [0.5, 0.6) is 17.2 Å². The first kappa shape index (κ1) is 17.9. The van der Waals surface area contributed by atoms with Gasteiger partial charge in [0.25, 0.3) is 5.15 Å². The van der Waals surface area contributed by atoms with Crippen molar-refractivity contribution in [2.45, 2.75) is 39.7 Å². The molecule has 0 aliphatic carbocycles. The Labute approximate surface area is 154 Å². The van der Waals surface area contributed by atoms with E-state index >= 15 is 0 Å². The summed E-state index contributed by atoms with van der Waals surface area (Å²) >= 11 is 6.56. The number of hydrogen-bond acceptors (Lipinski definition) is 3. The number of unbranched alkanes of at least 4 members (excludes halogenated alkanes) is 1. The Kier molecular flexibility index (Phi) is 5.38. The van der Waals surface area contributed by atoms with Crippen LogP contribution in [0.1, 0.15) is 30.9 Å². The van der Waals surface area contributed by atoms with Crippen molar-refractivity contribution in [2.24, 2.45) is 0 Å². The van der Waals surface area contributed by atoms with Gasteiger partial charge >= 0.3 is 0 Å². The summed E-state index contributed by atoms with van der Waals surface area (Å²) < 4.78 is 19.2. The van der Waals surface area contributed by atoms with Gasteiger partial charge in [-0.1, -0.05) is 13.3 Å². The van der Waals surface area contributed by atoms with Crippen LogP contribution in [-0.4, -0.2) is 20.8 Å². The van der Waals surface area contributed by atoms with Gasteiger partial charge in [0.05, 0.1) is 38.0 Å². The van der Waals surface area contributed by atoms with Crippen LogP contribution in [-0.2, 0) is 13.0 Å². The van der Waals surface area contributed by atoms with Gasteiger partial charge in [0, 0.05) is 12.0 Å². The lowest BCUT2D eigenvalue weighted by molar-refractivity contribution is -0.685. The lowest BCUT2D eigenvalue weighted by atomic mass is 9.93. The predicted molar refractivity (Wildman–Crippen MR) is 99.0 cm³/mol. The molecule has 0 saturated carbocycles. The van der Waals surface area contributed by atoms with Crippen LogP contribution in [0.2, 0.25) is 5.15 Å². The van der Waals surface area contributed by atoms with Gasteiger partial charge in [-0.2, -0.15) is 4.57 Å². The normalized spacial score (nSPS) is 12.4. The molecule has 1 aromatic carbocycles. The van der Waals surface area contributed by atoms with Crippen molar-refractivity contribution in [3.05, 3.63) is 34.5 Å². The number of halogens is 1. The fourth-order valence-corrected chi connectivity index (χ4v) is 3.72. The molecule has 0 spiro atoms. The van der Waals surface area contributed by atoms with Crippen molar-refractivity contribution in [2.75, 3.05) is 20.8 Å². The second-order valence-corrected chi connectivity index (χ2v) is 6.62. The molecule has 0 N–H and O–H groups in total. The number of fused-ring (bicyclic) bond motifs is 3. The van der Waals surface area contributed by atoms with E-state index in [0.717, 1.165) is 65.4 Å². The van der Waals surface area contributed by atoms with E-state index in [1.165, 1.54) is 0 Å². The molecule has 4 nitrogen and oxygen atoms in total. The van der Waals surface area contributed by atoms with Gasteiger partial charge in [0.15, 0.2) is 18.0 Å². The standard InChI is InChI=1S/C20H25ClNO3/c1-5-6-11-25-17-12-18(21)22-10-9-15-14(19(22)13(17)2)7-8-16(23-3)20(15)24-4/h7-8,12H,5-6,9-11H2,1-4H3/q+1. The average Bonchev–Trinajstić information content (AvgIpc) is 2.63. The lowest BCUT2D eigenvalue weighted by Crippen LogP contribution is -2.42. The Balaban J connectivity index is 2.15. The van der Waals surface area contributed by atoms with E-state index in [9.17, 15) is 0 Å². The van der Waals surface area contributed by atoms with Gasteiger partial charge in [-0.15, -0.1) is 0 Å². The molecule has 3 rings (SSSR count). The maximum absolute atomic E-state index is 6.56. The molecule has 0 unspecified atom stereocenters.